The molecule has 0 spiro atoms. The van der Waals surface area contributed by atoms with Crippen LogP contribution in [-0.2, 0) is 14.3 Å². The van der Waals surface area contributed by atoms with Crippen LogP contribution in [0.4, 0.5) is 4.39 Å². The van der Waals surface area contributed by atoms with Crippen molar-refractivity contribution in [3.05, 3.63) is 29.6 Å². The number of nitrogens with one attached hydrogen (secondary N) is 3. The number of nitrogens with zero attached hydrogens (tertiary/aromatic N) is 1. The van der Waals surface area contributed by atoms with Crippen LogP contribution in [0.3, 0.4) is 0 Å². The third-order valence-corrected chi connectivity index (χ3v) is 6.94. The lowest BCUT2D eigenvalue weighted by Crippen LogP contribution is -2.63. The molecular formula is C25H35FN4O4. The van der Waals surface area contributed by atoms with Crippen molar-refractivity contribution in [1.29, 1.82) is 5.41 Å². The molecule has 9 heteroatoms. The number of halogens is 1. The molecule has 0 radical (unpaired) electrons. The average Bonchev–Trinajstić information content (AvgIpc) is 3.50. The zero-order valence-electron chi connectivity index (χ0n) is 20.5. The summed E-state index contributed by atoms with van der Waals surface area (Å²) in [5.41, 5.74) is -0.458. The zero-order chi connectivity index (χ0) is 24.8. The first kappa shape index (κ1) is 24.4. The van der Waals surface area contributed by atoms with Gasteiger partial charge in [-0.2, -0.15) is 0 Å². The van der Waals surface area contributed by atoms with Gasteiger partial charge in [-0.1, -0.05) is 12.1 Å². The second kappa shape index (κ2) is 8.83. The van der Waals surface area contributed by atoms with E-state index in [2.05, 4.69) is 10.6 Å². The molecule has 2 heterocycles. The van der Waals surface area contributed by atoms with Gasteiger partial charge in [0.25, 0.3) is 0 Å². The second-order valence-electron chi connectivity index (χ2n) is 10.9. The maximum absolute atomic E-state index is 14.4. The largest absolute Gasteiger partial charge is 0.484 e. The molecule has 4 atom stereocenters. The van der Waals surface area contributed by atoms with E-state index in [0.29, 0.717) is 31.4 Å². The van der Waals surface area contributed by atoms with Gasteiger partial charge in [0.05, 0.1) is 6.04 Å². The van der Waals surface area contributed by atoms with E-state index in [-0.39, 0.29) is 53.9 Å². The molecule has 34 heavy (non-hydrogen) atoms. The fraction of sp³-hybridized carbons (Fsp3) is 0.640. The highest BCUT2D eigenvalue weighted by Crippen LogP contribution is 2.47. The van der Waals surface area contributed by atoms with E-state index in [9.17, 15) is 14.0 Å². The first-order valence-electron chi connectivity index (χ1n) is 11.9. The van der Waals surface area contributed by atoms with Gasteiger partial charge in [-0.15, -0.1) is 0 Å². The minimum absolute atomic E-state index is 0.0673. The molecule has 1 aromatic carbocycles. The molecule has 1 saturated carbocycles. The fourth-order valence-electron chi connectivity index (χ4n) is 5.31. The lowest BCUT2D eigenvalue weighted by molar-refractivity contribution is -0.133. The van der Waals surface area contributed by atoms with E-state index in [1.165, 1.54) is 11.0 Å². The number of hydrogen-bond acceptors (Lipinski definition) is 5. The van der Waals surface area contributed by atoms with Crippen LogP contribution >= 0.6 is 0 Å². The summed E-state index contributed by atoms with van der Waals surface area (Å²) in [6.45, 7) is 7.97. The Balaban J connectivity index is 1.49. The van der Waals surface area contributed by atoms with Crippen LogP contribution in [0.1, 0.15) is 65.0 Å². The van der Waals surface area contributed by atoms with Crippen molar-refractivity contribution in [2.45, 2.75) is 76.6 Å². The summed E-state index contributed by atoms with van der Waals surface area (Å²) in [4.78, 5) is 27.7. The molecule has 8 nitrogen and oxygen atoms in total. The number of methoxy groups -OCH3 is 1. The number of amides is 2. The Bertz CT molecular complexity index is 975. The van der Waals surface area contributed by atoms with Crippen molar-refractivity contribution in [2.75, 3.05) is 13.7 Å². The van der Waals surface area contributed by atoms with Crippen molar-refractivity contribution >= 4 is 17.8 Å². The molecule has 0 bridgehead atoms. The number of carbonyl (C=O) groups is 2. The van der Waals surface area contributed by atoms with Gasteiger partial charge in [-0.3, -0.25) is 19.9 Å². The molecule has 186 valence electrons. The molecule has 1 aromatic rings. The van der Waals surface area contributed by atoms with Crippen LogP contribution in [-0.4, -0.2) is 53.6 Å². The normalized spacial score (nSPS) is 27.8. The summed E-state index contributed by atoms with van der Waals surface area (Å²) in [7, 11) is 1.60. The van der Waals surface area contributed by atoms with Crippen LogP contribution in [0.2, 0.25) is 0 Å². The SMILES string of the molecule is COCC[C@H](C1C[C@H]1C(=O)NC1CC(C)(C)Oc2c(F)cccc21)N1C(=N)NC(C)(C)CC1=O. The second-order valence-corrected chi connectivity index (χ2v) is 10.9. The molecule has 2 fully saturated rings. The Morgan fingerprint density at radius 3 is 2.79 bits per heavy atom. The summed E-state index contributed by atoms with van der Waals surface area (Å²) >= 11 is 0. The fourth-order valence-corrected chi connectivity index (χ4v) is 5.31. The predicted octanol–water partition coefficient (Wildman–Crippen LogP) is 3.12. The first-order valence-corrected chi connectivity index (χ1v) is 11.9. The lowest BCUT2D eigenvalue weighted by atomic mass is 9.89. The summed E-state index contributed by atoms with van der Waals surface area (Å²) in [5, 5.41) is 14.7. The number of ether oxygens (including phenoxy) is 2. The van der Waals surface area contributed by atoms with Crippen LogP contribution < -0.4 is 15.4 Å². The molecule has 2 aliphatic heterocycles. The monoisotopic (exact) mass is 474 g/mol. The molecule has 1 aliphatic carbocycles. The van der Waals surface area contributed by atoms with Gasteiger partial charge in [-0.05, 0) is 52.5 Å². The van der Waals surface area contributed by atoms with Crippen LogP contribution in [0.5, 0.6) is 5.75 Å². The molecule has 3 N–H and O–H groups in total. The van der Waals surface area contributed by atoms with Crippen LogP contribution in [0.25, 0.3) is 0 Å². The van der Waals surface area contributed by atoms with Crippen molar-refractivity contribution in [3.63, 3.8) is 0 Å². The molecule has 2 unspecified atom stereocenters. The molecule has 4 rings (SSSR count). The van der Waals surface area contributed by atoms with Gasteiger partial charge >= 0.3 is 0 Å². The quantitative estimate of drug-likeness (QED) is 0.563. The van der Waals surface area contributed by atoms with Crippen molar-refractivity contribution in [2.24, 2.45) is 11.8 Å². The van der Waals surface area contributed by atoms with Crippen LogP contribution in [0.15, 0.2) is 18.2 Å². The highest BCUT2D eigenvalue weighted by atomic mass is 19.1. The van der Waals surface area contributed by atoms with Gasteiger partial charge in [0.15, 0.2) is 17.5 Å². The highest BCUT2D eigenvalue weighted by Gasteiger charge is 2.53. The van der Waals surface area contributed by atoms with Gasteiger partial charge in [0, 0.05) is 49.6 Å². The van der Waals surface area contributed by atoms with E-state index in [0.717, 1.165) is 0 Å². The van der Waals surface area contributed by atoms with Gasteiger partial charge in [-0.25, -0.2) is 4.39 Å². The van der Waals surface area contributed by atoms with E-state index in [1.54, 1.807) is 19.2 Å². The maximum atomic E-state index is 14.4. The minimum atomic E-state index is -0.620. The number of hydrogen-bond donors (Lipinski definition) is 3. The average molecular weight is 475 g/mol. The van der Waals surface area contributed by atoms with Gasteiger partial charge in [0.1, 0.15) is 5.60 Å². The molecule has 1 saturated heterocycles. The van der Waals surface area contributed by atoms with Crippen LogP contribution in [0, 0.1) is 23.1 Å². The topological polar surface area (TPSA) is 104 Å². The molecule has 0 aromatic heterocycles. The van der Waals surface area contributed by atoms with Crippen molar-refractivity contribution in [1.82, 2.24) is 15.5 Å². The van der Waals surface area contributed by atoms with E-state index >= 15 is 0 Å². The number of benzene rings is 1. The summed E-state index contributed by atoms with van der Waals surface area (Å²) in [6, 6.07) is 4.10. The van der Waals surface area contributed by atoms with Crippen molar-refractivity contribution < 1.29 is 23.5 Å². The van der Waals surface area contributed by atoms with E-state index in [4.69, 9.17) is 14.9 Å². The zero-order valence-corrected chi connectivity index (χ0v) is 20.5. The number of guanidine groups is 1. The number of carbonyl (C=O) groups excluding carboxylic acids is 2. The number of para-hydroxylation sites is 1. The lowest BCUT2D eigenvalue weighted by Gasteiger charge is -2.42. The van der Waals surface area contributed by atoms with Crippen molar-refractivity contribution in [3.8, 4) is 5.75 Å². The third kappa shape index (κ3) is 4.89. The Morgan fingerprint density at radius 2 is 2.12 bits per heavy atom. The highest BCUT2D eigenvalue weighted by molar-refractivity contribution is 5.99. The van der Waals surface area contributed by atoms with E-state index < -0.39 is 17.0 Å². The maximum Gasteiger partial charge on any atom is 0.231 e. The summed E-state index contributed by atoms with van der Waals surface area (Å²) in [5.74, 6) is -0.751. The third-order valence-electron chi connectivity index (χ3n) is 6.94. The number of rotatable bonds is 7. The van der Waals surface area contributed by atoms with E-state index in [1.807, 2.05) is 27.7 Å². The standard InChI is InChI=1S/C25H35FN4O4/c1-24(2)13-20(31)30(23(27)29-24)19(9-10-33-5)15-11-16(15)22(32)28-18-12-25(3,4)34-21-14(18)7-6-8-17(21)26/h6-8,15-16,18-19H,9-13H2,1-5H3,(H2,27,29)(H,28,32)/t15?,16-,18?,19-/m1/s1. The Labute approximate surface area is 200 Å². The smallest absolute Gasteiger partial charge is 0.231 e. The minimum Gasteiger partial charge on any atom is -0.484 e. The predicted molar refractivity (Wildman–Crippen MR) is 125 cm³/mol. The molecule has 3 aliphatic rings. The van der Waals surface area contributed by atoms with Gasteiger partial charge in [0.2, 0.25) is 11.8 Å². The Hall–Kier alpha value is -2.68. The summed E-state index contributed by atoms with van der Waals surface area (Å²) in [6.07, 6.45) is 1.97. The van der Waals surface area contributed by atoms with Gasteiger partial charge < -0.3 is 20.1 Å². The molecule has 2 amide bonds. The Kier molecular flexibility index (Phi) is 6.35. The molecular weight excluding hydrogens is 439 g/mol. The first-order chi connectivity index (χ1) is 15.9. The summed E-state index contributed by atoms with van der Waals surface area (Å²) < 4.78 is 25.5. The number of fused-ring (bicyclic) bond motifs is 1. The Morgan fingerprint density at radius 1 is 1.38 bits per heavy atom.